The molecular weight excluding hydrogens is 1000 g/mol. The van der Waals surface area contributed by atoms with E-state index in [1.165, 1.54) is 0 Å². The van der Waals surface area contributed by atoms with Gasteiger partial charge in [-0.2, -0.15) is 149 Å². The Labute approximate surface area is 313 Å². The molecule has 0 radical (unpaired) electrons. The van der Waals surface area contributed by atoms with Crippen molar-refractivity contribution >= 4 is 12.2 Å². The summed E-state index contributed by atoms with van der Waals surface area (Å²) in [4.78, 5) is 22.3. The maximum absolute atomic E-state index is 13.8. The van der Waals surface area contributed by atoms with Crippen LogP contribution in [0.5, 0.6) is 0 Å². The standard InChI is InChI=1S/C22H8F34N2O4/c23-7(24,9(27,28)11(31,32)13(35,36)15(39,40)17(43,44)19(47,48)21(51,52)53)1-3-61-5(59)57-58-6(60)62-4-2-8(25,26)10(29,30)12(33,34)14(37,38)16(41,42)18(45,46)20(49,50)22(54,55)56/h1-4H2. The fraction of sp³-hybridized carbons (Fsp3) is 0.909. The Morgan fingerprint density at radius 1 is 0.274 bits per heavy atom. The molecule has 2 amide bonds. The number of carbonyl (C=O) groups excluding carboxylic acids is 2. The first-order valence-corrected chi connectivity index (χ1v) is 13.7. The molecular formula is C22H8F34N2O4. The maximum atomic E-state index is 13.8. The first kappa shape index (κ1) is 58.2. The number of alkyl halides is 34. The molecule has 40 heteroatoms. The molecule has 62 heavy (non-hydrogen) atoms. The van der Waals surface area contributed by atoms with Gasteiger partial charge in [-0.1, -0.05) is 10.2 Å². The molecule has 0 N–H and O–H groups in total. The molecule has 0 aliphatic carbocycles. The maximum Gasteiger partial charge on any atom is 0.460 e. The second kappa shape index (κ2) is 16.0. The van der Waals surface area contributed by atoms with Crippen molar-refractivity contribution in [2.45, 2.75) is 108 Å². The summed E-state index contributed by atoms with van der Waals surface area (Å²) in [7, 11) is 0. The summed E-state index contributed by atoms with van der Waals surface area (Å²) in [6.45, 7) is -5.51. The zero-order valence-electron chi connectivity index (χ0n) is 27.2. The summed E-state index contributed by atoms with van der Waals surface area (Å²) >= 11 is 0. The topological polar surface area (TPSA) is 77.3 Å². The van der Waals surface area contributed by atoms with E-state index in [0.717, 1.165) is 0 Å². The summed E-state index contributed by atoms with van der Waals surface area (Å²) in [5.74, 6) is -119. The molecule has 0 aliphatic rings. The highest BCUT2D eigenvalue weighted by atomic mass is 19.4. The number of azo groups is 1. The lowest BCUT2D eigenvalue weighted by Gasteiger charge is -2.42. The van der Waals surface area contributed by atoms with Gasteiger partial charge in [0.05, 0.1) is 26.1 Å². The molecule has 0 spiro atoms. The number of carbonyl (C=O) groups is 2. The predicted octanol–water partition coefficient (Wildman–Crippen LogP) is 12.5. The number of hydrogen-bond acceptors (Lipinski definition) is 4. The first-order valence-electron chi connectivity index (χ1n) is 13.7. The number of amides is 2. The van der Waals surface area contributed by atoms with Crippen molar-refractivity contribution in [3.63, 3.8) is 0 Å². The normalized spacial score (nSPS) is 16.2. The van der Waals surface area contributed by atoms with Crippen LogP contribution in [0.25, 0.3) is 0 Å². The molecule has 368 valence electrons. The Morgan fingerprint density at radius 3 is 0.613 bits per heavy atom. The van der Waals surface area contributed by atoms with Crippen LogP contribution in [-0.4, -0.2) is 121 Å². The molecule has 6 nitrogen and oxygen atoms in total. The summed E-state index contributed by atoms with van der Waals surface area (Å²) in [5.41, 5.74) is 0. The van der Waals surface area contributed by atoms with Gasteiger partial charge in [0, 0.05) is 0 Å². The summed E-state index contributed by atoms with van der Waals surface area (Å²) < 4.78 is 456. The molecule has 0 atom stereocenters. The lowest BCUT2D eigenvalue weighted by Crippen LogP contribution is -2.74. The van der Waals surface area contributed by atoms with Crippen molar-refractivity contribution < 1.29 is 168 Å². The fourth-order valence-electron chi connectivity index (χ4n) is 3.38. The van der Waals surface area contributed by atoms with E-state index in [-0.39, 0.29) is 0 Å². The van der Waals surface area contributed by atoms with Crippen LogP contribution in [0.2, 0.25) is 0 Å². The molecule has 0 bridgehead atoms. The molecule has 0 aromatic carbocycles. The van der Waals surface area contributed by atoms with Gasteiger partial charge < -0.3 is 9.47 Å². The van der Waals surface area contributed by atoms with E-state index in [9.17, 15) is 159 Å². The monoisotopic (exact) mass is 1010 g/mol. The molecule has 0 saturated carbocycles. The van der Waals surface area contributed by atoms with E-state index in [0.29, 0.717) is 0 Å². The first-order chi connectivity index (χ1) is 26.5. The second-order valence-electron chi connectivity index (χ2n) is 11.2. The summed E-state index contributed by atoms with van der Waals surface area (Å²) in [5, 5.41) is 3.42. The lowest BCUT2D eigenvalue weighted by atomic mass is 9.88. The second-order valence-corrected chi connectivity index (χ2v) is 11.2. The number of ether oxygens (including phenoxy) is 2. The minimum atomic E-state index is -9.01. The minimum Gasteiger partial charge on any atom is -0.447 e. The van der Waals surface area contributed by atoms with E-state index < -0.39 is 134 Å². The number of halogens is 34. The predicted molar refractivity (Wildman–Crippen MR) is 118 cm³/mol. The fourth-order valence-corrected chi connectivity index (χ4v) is 3.38. The third kappa shape index (κ3) is 8.58. The highest BCUT2D eigenvalue weighted by molar-refractivity contribution is 5.73. The van der Waals surface area contributed by atoms with Crippen LogP contribution in [0.4, 0.5) is 159 Å². The molecule has 0 unspecified atom stereocenters. The van der Waals surface area contributed by atoms with Gasteiger partial charge in [0.15, 0.2) is 0 Å². The van der Waals surface area contributed by atoms with E-state index in [4.69, 9.17) is 0 Å². The molecule has 0 saturated heterocycles. The molecule has 0 aromatic heterocycles. The Kier molecular flexibility index (Phi) is 15.0. The zero-order valence-corrected chi connectivity index (χ0v) is 27.2. The van der Waals surface area contributed by atoms with Crippen molar-refractivity contribution in [1.29, 1.82) is 0 Å². The average Bonchev–Trinajstić information content (AvgIpc) is 3.04. The van der Waals surface area contributed by atoms with E-state index >= 15 is 0 Å². The van der Waals surface area contributed by atoms with Crippen LogP contribution < -0.4 is 0 Å². The van der Waals surface area contributed by atoms with Gasteiger partial charge in [-0.15, -0.1) is 0 Å². The van der Waals surface area contributed by atoms with E-state index in [2.05, 4.69) is 9.47 Å². The Morgan fingerprint density at radius 2 is 0.435 bits per heavy atom. The molecule has 0 aromatic rings. The van der Waals surface area contributed by atoms with Gasteiger partial charge in [-0.25, -0.2) is 9.59 Å². The summed E-state index contributed by atoms with van der Waals surface area (Å²) in [6.07, 6.45) is -28.9. The van der Waals surface area contributed by atoms with Crippen LogP contribution in [0.1, 0.15) is 12.8 Å². The van der Waals surface area contributed by atoms with Gasteiger partial charge >= 0.3 is 107 Å². The van der Waals surface area contributed by atoms with Crippen LogP contribution in [0, 0.1) is 0 Å². The van der Waals surface area contributed by atoms with Gasteiger partial charge in [0.25, 0.3) is 0 Å². The van der Waals surface area contributed by atoms with Crippen molar-refractivity contribution in [2.24, 2.45) is 10.2 Å². The van der Waals surface area contributed by atoms with Gasteiger partial charge in [-0.3, -0.25) is 0 Å². The quantitative estimate of drug-likeness (QED) is 0.101. The molecule has 0 aliphatic heterocycles. The van der Waals surface area contributed by atoms with E-state index in [1.54, 1.807) is 10.2 Å². The zero-order chi connectivity index (χ0) is 50.8. The Bertz CT molecular complexity index is 1520. The number of rotatable bonds is 18. The SMILES string of the molecule is O=C(N=NC(=O)OCCC(F)(F)C(F)(F)C(F)(F)C(F)(F)C(F)(F)C(F)(F)C(F)(F)C(F)(F)F)OCCC(F)(F)C(F)(F)C(F)(F)C(F)(F)C(F)(F)C(F)(F)C(F)(F)C(F)(F)F. The third-order valence-electron chi connectivity index (χ3n) is 7.07. The Hall–Kier alpha value is -3.84. The van der Waals surface area contributed by atoms with Gasteiger partial charge in [-0.05, 0) is 0 Å². The summed E-state index contributed by atoms with van der Waals surface area (Å²) in [6, 6.07) is 0. The number of hydrogen-bond donors (Lipinski definition) is 0. The average molecular weight is 1010 g/mol. The highest BCUT2D eigenvalue weighted by Crippen LogP contribution is 2.66. The van der Waals surface area contributed by atoms with Crippen LogP contribution >= 0.6 is 0 Å². The van der Waals surface area contributed by atoms with Gasteiger partial charge in [0.2, 0.25) is 0 Å². The third-order valence-corrected chi connectivity index (χ3v) is 7.07. The van der Waals surface area contributed by atoms with Crippen molar-refractivity contribution in [1.82, 2.24) is 0 Å². The molecule has 0 rings (SSSR count). The van der Waals surface area contributed by atoms with Crippen LogP contribution in [0.15, 0.2) is 10.2 Å². The number of nitrogens with zero attached hydrogens (tertiary/aromatic N) is 2. The highest BCUT2D eigenvalue weighted by Gasteiger charge is 2.97. The van der Waals surface area contributed by atoms with Crippen molar-refractivity contribution in [3.05, 3.63) is 0 Å². The largest absolute Gasteiger partial charge is 0.460 e. The van der Waals surface area contributed by atoms with Gasteiger partial charge in [0.1, 0.15) is 0 Å². The molecule has 0 heterocycles. The molecule has 0 fully saturated rings. The smallest absolute Gasteiger partial charge is 0.447 e. The lowest BCUT2D eigenvalue weighted by molar-refractivity contribution is -0.461. The van der Waals surface area contributed by atoms with Crippen molar-refractivity contribution in [2.75, 3.05) is 13.2 Å². The Balaban J connectivity index is 5.95. The minimum absolute atomic E-state index is 1.71. The van der Waals surface area contributed by atoms with Crippen LogP contribution in [-0.2, 0) is 9.47 Å². The van der Waals surface area contributed by atoms with E-state index in [1.807, 2.05) is 0 Å². The van der Waals surface area contributed by atoms with Crippen LogP contribution in [0.3, 0.4) is 0 Å². The van der Waals surface area contributed by atoms with Crippen molar-refractivity contribution in [3.8, 4) is 0 Å².